The van der Waals surface area contributed by atoms with Crippen LogP contribution in [0.4, 0.5) is 5.69 Å². The third-order valence-corrected chi connectivity index (χ3v) is 8.52. The molecule has 0 aliphatic carbocycles. The number of hydrogen-bond donors (Lipinski definition) is 5. The largest absolute Gasteiger partial charge is 0.459 e. The number of hydrogen-bond acceptors (Lipinski definition) is 9. The molecule has 1 amide bonds. The van der Waals surface area contributed by atoms with Crippen LogP contribution in [0, 0.1) is 0 Å². The van der Waals surface area contributed by atoms with Crippen molar-refractivity contribution >= 4 is 28.9 Å². The van der Waals surface area contributed by atoms with E-state index >= 15 is 0 Å². The van der Waals surface area contributed by atoms with E-state index in [0.717, 1.165) is 42.7 Å². The minimum Gasteiger partial charge on any atom is -0.459 e. The van der Waals surface area contributed by atoms with Gasteiger partial charge in [-0.25, -0.2) is 4.79 Å². The molecule has 1 aliphatic rings. The van der Waals surface area contributed by atoms with Crippen LogP contribution in [0.15, 0.2) is 36.4 Å². The second kappa shape index (κ2) is 16.2. The van der Waals surface area contributed by atoms with Crippen molar-refractivity contribution in [2.75, 3.05) is 18.1 Å². The highest BCUT2D eigenvalue weighted by Crippen LogP contribution is 2.30. The molecule has 5 N–H and O–H groups in total. The second-order valence-electron chi connectivity index (χ2n) is 10.5. The van der Waals surface area contributed by atoms with Crippen molar-refractivity contribution in [3.63, 3.8) is 0 Å². The number of unbranched alkanes of at least 4 members (excludes halogenated alkanes) is 3. The van der Waals surface area contributed by atoms with E-state index in [4.69, 9.17) is 9.84 Å². The number of carbonyl (C=O) groups excluding carboxylic acids is 2. The van der Waals surface area contributed by atoms with Gasteiger partial charge in [-0.3, -0.25) is 4.79 Å². The number of ether oxygens (including phenoxy) is 1. The Bertz CT molecular complexity index is 1060. The standard InChI is InChI=1S/C30H43NO8S/c1-2-3-4-5-7-20-10-12-22(13-11-20)31-21(14-17-27(31)35)8-6-9-23-15-16-26(40-23)30(38)39-19-25(34)29(37)28(36)24(33)18-32/h10-13,15-16,21,24-25,28-29,32-34,36-37H,2-9,14,17-19H2,1H3/t21-,24?,25?,28?,29?/m0/s1. The van der Waals surface area contributed by atoms with Gasteiger partial charge in [0, 0.05) is 23.0 Å². The molecule has 1 fully saturated rings. The van der Waals surface area contributed by atoms with Crippen LogP contribution in [0.5, 0.6) is 0 Å². The van der Waals surface area contributed by atoms with Crippen molar-refractivity contribution in [1.82, 2.24) is 0 Å². The van der Waals surface area contributed by atoms with E-state index in [1.54, 1.807) is 6.07 Å². The molecule has 4 unspecified atom stereocenters. The van der Waals surface area contributed by atoms with Gasteiger partial charge in [-0.15, -0.1) is 11.3 Å². The summed E-state index contributed by atoms with van der Waals surface area (Å²) >= 11 is 1.29. The Kier molecular flexibility index (Phi) is 13.0. The van der Waals surface area contributed by atoms with E-state index in [9.17, 15) is 30.0 Å². The zero-order valence-corrected chi connectivity index (χ0v) is 24.0. The number of nitrogens with zero attached hydrogens (tertiary/aromatic N) is 1. The third kappa shape index (κ3) is 9.09. The van der Waals surface area contributed by atoms with Gasteiger partial charge in [0.05, 0.1) is 6.61 Å². The number of amides is 1. The van der Waals surface area contributed by atoms with Gasteiger partial charge in [-0.1, -0.05) is 38.3 Å². The molecule has 2 aromatic rings. The van der Waals surface area contributed by atoms with Crippen LogP contribution >= 0.6 is 11.3 Å². The number of benzene rings is 1. The molecule has 1 aromatic carbocycles. The Morgan fingerprint density at radius 3 is 2.40 bits per heavy atom. The van der Waals surface area contributed by atoms with Crippen LogP contribution in [0.3, 0.4) is 0 Å². The molecule has 10 heteroatoms. The van der Waals surface area contributed by atoms with Crippen LogP contribution < -0.4 is 4.90 Å². The van der Waals surface area contributed by atoms with Crippen molar-refractivity contribution < 1.29 is 39.9 Å². The van der Waals surface area contributed by atoms with Gasteiger partial charge in [0.2, 0.25) is 5.91 Å². The molecule has 2 heterocycles. The summed E-state index contributed by atoms with van der Waals surface area (Å²) < 4.78 is 5.05. The lowest BCUT2D eigenvalue weighted by atomic mass is 10.0. The SMILES string of the molecule is CCCCCCc1ccc(N2C(=O)CC[C@@H]2CCCc2ccc(C(=O)OCC(O)C(O)C(O)C(O)CO)s2)cc1. The minimum absolute atomic E-state index is 0.153. The number of thiophene rings is 1. The average Bonchev–Trinajstić information content (AvgIpc) is 3.59. The average molecular weight is 578 g/mol. The number of carbonyl (C=O) groups is 2. The summed E-state index contributed by atoms with van der Waals surface area (Å²) in [6, 6.07) is 12.0. The van der Waals surface area contributed by atoms with Crippen LogP contribution in [0.2, 0.25) is 0 Å². The Morgan fingerprint density at radius 2 is 1.70 bits per heavy atom. The fourth-order valence-corrected chi connectivity index (χ4v) is 5.92. The smallest absolute Gasteiger partial charge is 0.348 e. The number of aliphatic hydroxyl groups is 5. The zero-order valence-electron chi connectivity index (χ0n) is 23.2. The lowest BCUT2D eigenvalue weighted by Gasteiger charge is -2.25. The van der Waals surface area contributed by atoms with Gasteiger partial charge in [-0.05, 0) is 68.4 Å². The lowest BCUT2D eigenvalue weighted by molar-refractivity contribution is -0.124. The lowest BCUT2D eigenvalue weighted by Crippen LogP contribution is -2.47. The molecule has 9 nitrogen and oxygen atoms in total. The molecular weight excluding hydrogens is 534 g/mol. The van der Waals surface area contributed by atoms with Crippen LogP contribution in [0.1, 0.15) is 78.4 Å². The number of aryl methyl sites for hydroxylation is 2. The van der Waals surface area contributed by atoms with Gasteiger partial charge in [-0.2, -0.15) is 0 Å². The van der Waals surface area contributed by atoms with Gasteiger partial charge >= 0.3 is 5.97 Å². The van der Waals surface area contributed by atoms with Crippen LogP contribution in [-0.4, -0.2) is 81.1 Å². The van der Waals surface area contributed by atoms with E-state index in [1.165, 1.54) is 42.6 Å². The van der Waals surface area contributed by atoms with Crippen molar-refractivity contribution in [1.29, 1.82) is 0 Å². The Labute approximate surface area is 240 Å². The van der Waals surface area contributed by atoms with Gasteiger partial charge < -0.3 is 35.2 Å². The summed E-state index contributed by atoms with van der Waals surface area (Å²) in [4.78, 5) is 28.3. The van der Waals surface area contributed by atoms with E-state index in [2.05, 4.69) is 31.2 Å². The molecule has 0 spiro atoms. The van der Waals surface area contributed by atoms with Crippen LogP contribution in [0.25, 0.3) is 0 Å². The number of aliphatic hydroxyl groups excluding tert-OH is 5. The molecule has 1 aliphatic heterocycles. The molecule has 5 atom stereocenters. The summed E-state index contributed by atoms with van der Waals surface area (Å²) in [7, 11) is 0. The molecule has 0 bridgehead atoms. The predicted molar refractivity (Wildman–Crippen MR) is 153 cm³/mol. The van der Waals surface area contributed by atoms with E-state index in [1.807, 2.05) is 11.0 Å². The first-order valence-electron chi connectivity index (χ1n) is 14.2. The number of anilines is 1. The molecular formula is C30H43NO8S. The number of rotatable bonds is 17. The van der Waals surface area contributed by atoms with Crippen LogP contribution in [-0.2, 0) is 22.4 Å². The van der Waals surface area contributed by atoms with Crippen molar-refractivity contribution in [3.8, 4) is 0 Å². The first-order chi connectivity index (χ1) is 19.2. The van der Waals surface area contributed by atoms with Crippen molar-refractivity contribution in [2.24, 2.45) is 0 Å². The maximum atomic E-state index is 12.7. The first kappa shape index (κ1) is 32.2. The molecule has 0 saturated carbocycles. The van der Waals surface area contributed by atoms with Gasteiger partial charge in [0.25, 0.3) is 0 Å². The topological polar surface area (TPSA) is 148 Å². The second-order valence-corrected chi connectivity index (χ2v) is 11.7. The highest BCUT2D eigenvalue weighted by molar-refractivity contribution is 7.13. The predicted octanol–water partition coefficient (Wildman–Crippen LogP) is 2.98. The van der Waals surface area contributed by atoms with Crippen molar-refractivity contribution in [2.45, 2.75) is 102 Å². The normalized spacial score (nSPS) is 18.5. The summed E-state index contributed by atoms with van der Waals surface area (Å²) in [5.41, 5.74) is 2.26. The highest BCUT2D eigenvalue weighted by Gasteiger charge is 2.32. The fraction of sp³-hybridized carbons (Fsp3) is 0.600. The first-order valence-corrected chi connectivity index (χ1v) is 15.1. The monoisotopic (exact) mass is 577 g/mol. The maximum Gasteiger partial charge on any atom is 0.348 e. The molecule has 222 valence electrons. The maximum absolute atomic E-state index is 12.7. The van der Waals surface area contributed by atoms with E-state index < -0.39 is 43.6 Å². The zero-order chi connectivity index (χ0) is 29.1. The molecule has 1 aromatic heterocycles. The molecule has 0 radical (unpaired) electrons. The summed E-state index contributed by atoms with van der Waals surface area (Å²) in [5.74, 6) is -0.506. The third-order valence-electron chi connectivity index (χ3n) is 7.39. The Hall–Kier alpha value is -2.34. The highest BCUT2D eigenvalue weighted by atomic mass is 32.1. The van der Waals surface area contributed by atoms with Gasteiger partial charge in [0.1, 0.15) is 35.9 Å². The van der Waals surface area contributed by atoms with E-state index in [0.29, 0.717) is 11.3 Å². The minimum atomic E-state index is -1.79. The Morgan fingerprint density at radius 1 is 0.975 bits per heavy atom. The Balaban J connectivity index is 1.45. The van der Waals surface area contributed by atoms with Crippen molar-refractivity contribution in [3.05, 3.63) is 51.7 Å². The summed E-state index contributed by atoms with van der Waals surface area (Å²) in [5, 5.41) is 47.7. The van der Waals surface area contributed by atoms with Gasteiger partial charge in [0.15, 0.2) is 0 Å². The fourth-order valence-electron chi connectivity index (χ4n) is 4.98. The summed E-state index contributed by atoms with van der Waals surface area (Å²) in [6.45, 7) is 0.846. The molecule has 1 saturated heterocycles. The quantitative estimate of drug-likeness (QED) is 0.142. The molecule has 40 heavy (non-hydrogen) atoms. The number of esters is 1. The summed E-state index contributed by atoms with van der Waals surface area (Å²) in [6.07, 6.45) is 3.01. The molecule has 3 rings (SSSR count). The van der Waals surface area contributed by atoms with E-state index in [-0.39, 0.29) is 11.9 Å².